The minimum Gasteiger partial charge on any atom is -0.456 e. The number of rotatable bonds is 5. The van der Waals surface area contributed by atoms with Gasteiger partial charge in [-0.05, 0) is 68.1 Å². The summed E-state index contributed by atoms with van der Waals surface area (Å²) in [6.45, 7) is 0. The van der Waals surface area contributed by atoms with Gasteiger partial charge in [-0.1, -0.05) is 152 Å². The van der Waals surface area contributed by atoms with Crippen LogP contribution >= 0.6 is 0 Å². The van der Waals surface area contributed by atoms with Crippen molar-refractivity contribution >= 4 is 43.5 Å². The van der Waals surface area contributed by atoms with Crippen molar-refractivity contribution in [1.82, 2.24) is 15.0 Å². The summed E-state index contributed by atoms with van der Waals surface area (Å²) in [5, 5.41) is 6.97. The van der Waals surface area contributed by atoms with Crippen LogP contribution in [0.3, 0.4) is 0 Å². The van der Waals surface area contributed by atoms with Crippen LogP contribution in [-0.4, -0.2) is 15.0 Å². The minimum atomic E-state index is 0.595. The lowest BCUT2D eigenvalue weighted by Crippen LogP contribution is -2.00. The first-order valence-electron chi connectivity index (χ1n) is 17.1. The average Bonchev–Trinajstić information content (AvgIpc) is 3.59. The van der Waals surface area contributed by atoms with Crippen molar-refractivity contribution < 1.29 is 4.42 Å². The van der Waals surface area contributed by atoms with Crippen LogP contribution in [0.2, 0.25) is 0 Å². The Kier molecular flexibility index (Phi) is 6.78. The van der Waals surface area contributed by atoms with Gasteiger partial charge < -0.3 is 4.42 Å². The molecule has 0 amide bonds. The summed E-state index contributed by atoms with van der Waals surface area (Å²) in [5.74, 6) is 1.82. The van der Waals surface area contributed by atoms with E-state index in [1.807, 2.05) is 54.6 Å². The van der Waals surface area contributed by atoms with Gasteiger partial charge in [-0.2, -0.15) is 0 Å². The highest BCUT2D eigenvalue weighted by molar-refractivity contribution is 6.14. The summed E-state index contributed by atoms with van der Waals surface area (Å²) in [6, 6.07) is 61.0. The van der Waals surface area contributed by atoms with Gasteiger partial charge in [0, 0.05) is 27.5 Å². The maximum atomic E-state index is 6.45. The summed E-state index contributed by atoms with van der Waals surface area (Å²) in [6.07, 6.45) is 0. The summed E-state index contributed by atoms with van der Waals surface area (Å²) in [5.41, 5.74) is 8.83. The fourth-order valence-electron chi connectivity index (χ4n) is 7.26. The smallest absolute Gasteiger partial charge is 0.164 e. The third-order valence-corrected chi connectivity index (χ3v) is 9.72. The quantitative estimate of drug-likeness (QED) is 0.174. The van der Waals surface area contributed by atoms with E-state index in [-0.39, 0.29) is 0 Å². The van der Waals surface area contributed by atoms with E-state index in [1.54, 1.807) is 0 Å². The fraction of sp³-hybridized carbons (Fsp3) is 0. The lowest BCUT2D eigenvalue weighted by atomic mass is 9.93. The normalized spacial score (nSPS) is 11.5. The number of para-hydroxylation sites is 1. The molecule has 0 aliphatic rings. The van der Waals surface area contributed by atoms with Crippen LogP contribution in [0.1, 0.15) is 0 Å². The highest BCUT2D eigenvalue weighted by Crippen LogP contribution is 2.40. The lowest BCUT2D eigenvalue weighted by molar-refractivity contribution is 0.669. The molecular weight excluding hydrogens is 623 g/mol. The first kappa shape index (κ1) is 29.0. The molecular formula is C47H29N3O. The minimum absolute atomic E-state index is 0.595. The van der Waals surface area contributed by atoms with Crippen LogP contribution in [-0.2, 0) is 0 Å². The van der Waals surface area contributed by atoms with Crippen molar-refractivity contribution in [2.24, 2.45) is 0 Å². The molecule has 0 spiro atoms. The lowest BCUT2D eigenvalue weighted by Gasteiger charge is -2.13. The first-order valence-corrected chi connectivity index (χ1v) is 17.1. The molecule has 0 N–H and O–H groups in total. The monoisotopic (exact) mass is 651 g/mol. The molecule has 0 saturated carbocycles. The predicted molar refractivity (Wildman–Crippen MR) is 209 cm³/mol. The van der Waals surface area contributed by atoms with E-state index < -0.39 is 0 Å². The highest BCUT2D eigenvalue weighted by atomic mass is 16.3. The van der Waals surface area contributed by atoms with Crippen LogP contribution in [0, 0.1) is 0 Å². The van der Waals surface area contributed by atoms with Gasteiger partial charge in [0.25, 0.3) is 0 Å². The maximum absolute atomic E-state index is 6.45. The van der Waals surface area contributed by atoms with Crippen molar-refractivity contribution in [3.8, 4) is 56.4 Å². The van der Waals surface area contributed by atoms with Crippen molar-refractivity contribution in [2.75, 3.05) is 0 Å². The zero-order chi connectivity index (χ0) is 33.7. The van der Waals surface area contributed by atoms with Gasteiger partial charge in [0.05, 0.1) is 0 Å². The van der Waals surface area contributed by atoms with Gasteiger partial charge in [0.15, 0.2) is 17.5 Å². The largest absolute Gasteiger partial charge is 0.456 e. The Morgan fingerprint density at radius 3 is 1.61 bits per heavy atom. The Balaban J connectivity index is 1.17. The molecule has 0 radical (unpaired) electrons. The maximum Gasteiger partial charge on any atom is 0.164 e. The van der Waals surface area contributed by atoms with Crippen molar-refractivity contribution in [3.05, 3.63) is 176 Å². The van der Waals surface area contributed by atoms with E-state index >= 15 is 0 Å². The Bertz CT molecular complexity index is 2900. The summed E-state index contributed by atoms with van der Waals surface area (Å²) < 4.78 is 6.45. The molecule has 2 aromatic heterocycles. The van der Waals surface area contributed by atoms with Crippen molar-refractivity contribution in [2.45, 2.75) is 0 Å². The third-order valence-electron chi connectivity index (χ3n) is 9.72. The predicted octanol–water partition coefficient (Wildman–Crippen LogP) is 12.4. The van der Waals surface area contributed by atoms with E-state index in [0.29, 0.717) is 17.5 Å². The Labute approximate surface area is 294 Å². The third kappa shape index (κ3) is 5.04. The van der Waals surface area contributed by atoms with Gasteiger partial charge in [0.2, 0.25) is 0 Å². The van der Waals surface area contributed by atoms with E-state index in [1.165, 1.54) is 27.1 Å². The van der Waals surface area contributed by atoms with Gasteiger partial charge in [-0.3, -0.25) is 0 Å². The second-order valence-corrected chi connectivity index (χ2v) is 12.8. The molecule has 0 bridgehead atoms. The number of furan rings is 1. The standard InChI is InChI=1S/C47H29N3O/c1-3-13-30(14-4-1)35-28-41(44-39-21-11-12-22-42(39)51-43(44)29-35)47-49-45(32-15-5-2-6-16-32)48-46(50-47)33-25-23-31(24-26-33)40-27-34-17-7-8-18-36(34)37-19-9-10-20-38(37)40/h1-29H. The van der Waals surface area contributed by atoms with Gasteiger partial charge in [-0.25, -0.2) is 15.0 Å². The second kappa shape index (κ2) is 11.9. The summed E-state index contributed by atoms with van der Waals surface area (Å²) in [4.78, 5) is 15.4. The molecule has 10 rings (SSSR count). The zero-order valence-electron chi connectivity index (χ0n) is 27.5. The first-order chi connectivity index (χ1) is 25.3. The molecule has 4 nitrogen and oxygen atoms in total. The molecule has 0 unspecified atom stereocenters. The second-order valence-electron chi connectivity index (χ2n) is 12.8. The molecule has 10 aromatic rings. The average molecular weight is 652 g/mol. The van der Waals surface area contributed by atoms with E-state index in [2.05, 4.69) is 121 Å². The van der Waals surface area contributed by atoms with Gasteiger partial charge in [-0.15, -0.1) is 0 Å². The molecule has 0 atom stereocenters. The number of fused-ring (bicyclic) bond motifs is 6. The molecule has 51 heavy (non-hydrogen) atoms. The van der Waals surface area contributed by atoms with Crippen molar-refractivity contribution in [1.29, 1.82) is 0 Å². The topological polar surface area (TPSA) is 51.8 Å². The van der Waals surface area contributed by atoms with Crippen LogP contribution in [0.15, 0.2) is 180 Å². The molecule has 4 heteroatoms. The molecule has 0 aliphatic heterocycles. The zero-order valence-corrected chi connectivity index (χ0v) is 27.5. The van der Waals surface area contributed by atoms with E-state index in [9.17, 15) is 0 Å². The van der Waals surface area contributed by atoms with Crippen LogP contribution in [0.25, 0.3) is 99.9 Å². The SMILES string of the molecule is c1ccc(-c2cc(-c3nc(-c4ccccc4)nc(-c4ccc(-c5cc6ccccc6c6ccccc56)cc4)n3)c3c(c2)oc2ccccc23)cc1. The molecule has 0 saturated heterocycles. The highest BCUT2D eigenvalue weighted by Gasteiger charge is 2.20. The van der Waals surface area contributed by atoms with Crippen LogP contribution in [0.4, 0.5) is 0 Å². The molecule has 238 valence electrons. The molecule has 2 heterocycles. The van der Waals surface area contributed by atoms with Crippen LogP contribution < -0.4 is 0 Å². The summed E-state index contributed by atoms with van der Waals surface area (Å²) >= 11 is 0. The number of nitrogens with zero attached hydrogens (tertiary/aromatic N) is 3. The van der Waals surface area contributed by atoms with Crippen molar-refractivity contribution in [3.63, 3.8) is 0 Å². The Morgan fingerprint density at radius 1 is 0.314 bits per heavy atom. The number of hydrogen-bond donors (Lipinski definition) is 0. The Hall–Kier alpha value is -6.91. The Morgan fingerprint density at radius 2 is 0.863 bits per heavy atom. The van der Waals surface area contributed by atoms with Gasteiger partial charge in [0.1, 0.15) is 11.2 Å². The number of aromatic nitrogens is 3. The molecule has 8 aromatic carbocycles. The molecule has 0 fully saturated rings. The van der Waals surface area contributed by atoms with E-state index in [0.717, 1.165) is 55.3 Å². The van der Waals surface area contributed by atoms with E-state index in [4.69, 9.17) is 19.4 Å². The molecule has 0 aliphatic carbocycles. The van der Waals surface area contributed by atoms with Gasteiger partial charge >= 0.3 is 0 Å². The summed E-state index contributed by atoms with van der Waals surface area (Å²) in [7, 11) is 0. The number of benzene rings is 8. The fourth-order valence-corrected chi connectivity index (χ4v) is 7.26. The van der Waals surface area contributed by atoms with Crippen LogP contribution in [0.5, 0.6) is 0 Å². The number of hydrogen-bond acceptors (Lipinski definition) is 4.